The van der Waals surface area contributed by atoms with Crippen molar-refractivity contribution < 1.29 is 23.1 Å². The first kappa shape index (κ1) is 17.1. The number of nitrogens with one attached hydrogen (secondary N) is 1. The van der Waals surface area contributed by atoms with Gasteiger partial charge in [-0.3, -0.25) is 9.88 Å². The second-order valence-electron chi connectivity index (χ2n) is 4.64. The minimum absolute atomic E-state index is 0.0423. The maximum Gasteiger partial charge on any atom is 0.346 e. The van der Waals surface area contributed by atoms with E-state index in [9.17, 15) is 23.1 Å². The van der Waals surface area contributed by atoms with Crippen molar-refractivity contribution in [2.24, 2.45) is 0 Å². The van der Waals surface area contributed by atoms with Crippen LogP contribution in [-0.2, 0) is 11.1 Å². The maximum absolute atomic E-state index is 13.3. The third-order valence-electron chi connectivity index (χ3n) is 3.04. The lowest BCUT2D eigenvalue weighted by Gasteiger charge is -2.21. The fourth-order valence-corrected chi connectivity index (χ4v) is 3.04. The molecule has 22 heavy (non-hydrogen) atoms. The molecule has 0 aromatic heterocycles. The first-order valence-electron chi connectivity index (χ1n) is 6.26. The van der Waals surface area contributed by atoms with Crippen LogP contribution in [0, 0.1) is 11.6 Å². The van der Waals surface area contributed by atoms with Crippen LogP contribution in [0.1, 0.15) is 16.9 Å². The third kappa shape index (κ3) is 4.12. The summed E-state index contributed by atoms with van der Waals surface area (Å²) in [4.78, 5) is 18.9. The van der Waals surface area contributed by atoms with Crippen LogP contribution in [0.5, 0.6) is 0 Å². The van der Waals surface area contributed by atoms with Crippen molar-refractivity contribution in [3.63, 3.8) is 0 Å². The van der Waals surface area contributed by atoms with Gasteiger partial charge in [0.05, 0.1) is 0 Å². The van der Waals surface area contributed by atoms with E-state index in [2.05, 4.69) is 5.32 Å². The number of benzene rings is 2. The predicted octanol–water partition coefficient (Wildman–Crippen LogP) is 3.58. The van der Waals surface area contributed by atoms with Crippen LogP contribution in [0.3, 0.4) is 0 Å². The van der Waals surface area contributed by atoms with Gasteiger partial charge in [0.25, 0.3) is 0 Å². The number of hydrogen-bond acceptors (Lipinski definition) is 2. The van der Waals surface area contributed by atoms with E-state index in [1.165, 1.54) is 0 Å². The highest BCUT2D eigenvalue weighted by molar-refractivity contribution is 7.52. The van der Waals surface area contributed by atoms with Gasteiger partial charge in [-0.05, 0) is 29.3 Å². The smallest absolute Gasteiger partial charge is 0.323 e. The normalized spacial score (nSPS) is 13.1. The van der Waals surface area contributed by atoms with Crippen molar-refractivity contribution in [3.8, 4) is 0 Å². The van der Waals surface area contributed by atoms with Gasteiger partial charge in [-0.15, -0.1) is 0 Å². The van der Waals surface area contributed by atoms with E-state index in [0.29, 0.717) is 10.6 Å². The Labute approximate surface area is 130 Å². The Morgan fingerprint density at radius 3 is 2.41 bits per heavy atom. The summed E-state index contributed by atoms with van der Waals surface area (Å²) in [5.41, 5.74) is 0.587. The summed E-state index contributed by atoms with van der Waals surface area (Å²) < 4.78 is 37.9. The lowest BCUT2D eigenvalue weighted by Crippen LogP contribution is -2.21. The van der Waals surface area contributed by atoms with E-state index in [1.54, 1.807) is 24.3 Å². The summed E-state index contributed by atoms with van der Waals surface area (Å²) in [5, 5.41) is 3.08. The van der Waals surface area contributed by atoms with Gasteiger partial charge < -0.3 is 9.79 Å². The van der Waals surface area contributed by atoms with E-state index in [4.69, 9.17) is 11.6 Å². The van der Waals surface area contributed by atoms with Crippen LogP contribution in [0.15, 0.2) is 42.5 Å². The molecule has 0 bridgehead atoms. The van der Waals surface area contributed by atoms with Gasteiger partial charge in [-0.1, -0.05) is 35.9 Å². The van der Waals surface area contributed by atoms with E-state index in [-0.39, 0.29) is 12.1 Å². The maximum atomic E-state index is 13.3. The highest BCUT2D eigenvalue weighted by atomic mass is 35.5. The van der Waals surface area contributed by atoms with Crippen molar-refractivity contribution in [2.75, 3.05) is 0 Å². The van der Waals surface area contributed by atoms with Gasteiger partial charge >= 0.3 is 7.60 Å². The van der Waals surface area contributed by atoms with Gasteiger partial charge in [0.15, 0.2) is 11.6 Å². The zero-order chi connectivity index (χ0) is 16.3. The summed E-state index contributed by atoms with van der Waals surface area (Å²) in [6.45, 7) is 0.0639. The molecule has 118 valence electrons. The molecule has 0 spiro atoms. The molecular formula is C14H13ClF2NO3P. The van der Waals surface area contributed by atoms with Crippen LogP contribution >= 0.6 is 19.2 Å². The molecule has 2 rings (SSSR count). The summed E-state index contributed by atoms with van der Waals surface area (Å²) in [6, 6.07) is 9.50. The molecule has 0 aliphatic rings. The molecule has 0 radical (unpaired) electrons. The summed E-state index contributed by atoms with van der Waals surface area (Å²) >= 11 is 5.97. The van der Waals surface area contributed by atoms with Gasteiger partial charge in [0.2, 0.25) is 0 Å². The summed E-state index contributed by atoms with van der Waals surface area (Å²) in [7, 11) is -4.63. The SMILES string of the molecule is O=P(O)(O)[C@H](NCc1ccccc1Cl)c1ccc(F)c(F)c1. The Hall–Kier alpha value is -1.30. The van der Waals surface area contributed by atoms with Gasteiger partial charge in [0.1, 0.15) is 5.78 Å². The highest BCUT2D eigenvalue weighted by Gasteiger charge is 2.30. The van der Waals surface area contributed by atoms with Crippen molar-refractivity contribution in [2.45, 2.75) is 12.3 Å². The lowest BCUT2D eigenvalue weighted by atomic mass is 10.2. The average molecular weight is 348 g/mol. The fourth-order valence-electron chi connectivity index (χ4n) is 1.96. The van der Waals surface area contributed by atoms with Crippen LogP contribution in [0.4, 0.5) is 8.78 Å². The van der Waals surface area contributed by atoms with Gasteiger partial charge in [-0.2, -0.15) is 0 Å². The fraction of sp³-hybridized carbons (Fsp3) is 0.143. The molecule has 0 unspecified atom stereocenters. The van der Waals surface area contributed by atoms with Crippen molar-refractivity contribution in [1.82, 2.24) is 5.32 Å². The van der Waals surface area contributed by atoms with E-state index >= 15 is 0 Å². The standard InChI is InChI=1S/C14H13ClF2NO3P/c15-11-4-2-1-3-10(11)8-18-14(22(19,20)21)9-5-6-12(16)13(17)7-9/h1-7,14,18H,8H2,(H2,19,20,21)/t14-/m0/s1. The number of rotatable bonds is 5. The Bertz CT molecular complexity index is 723. The van der Waals surface area contributed by atoms with Crippen LogP contribution in [0.25, 0.3) is 0 Å². The summed E-state index contributed by atoms with van der Waals surface area (Å²) in [5.74, 6) is -3.71. The second kappa shape index (κ2) is 6.86. The first-order chi connectivity index (χ1) is 10.3. The zero-order valence-electron chi connectivity index (χ0n) is 11.2. The lowest BCUT2D eigenvalue weighted by molar-refractivity contribution is 0.347. The Kier molecular flexibility index (Phi) is 5.32. The molecule has 1 atom stereocenters. The number of halogens is 3. The largest absolute Gasteiger partial charge is 0.346 e. The van der Waals surface area contributed by atoms with Crippen LogP contribution in [-0.4, -0.2) is 9.79 Å². The molecule has 0 aliphatic carbocycles. The van der Waals surface area contributed by atoms with E-state index in [0.717, 1.165) is 18.2 Å². The monoisotopic (exact) mass is 347 g/mol. The zero-order valence-corrected chi connectivity index (χ0v) is 12.9. The molecular weight excluding hydrogens is 335 g/mol. The topological polar surface area (TPSA) is 69.6 Å². The second-order valence-corrected chi connectivity index (χ2v) is 6.74. The predicted molar refractivity (Wildman–Crippen MR) is 79.4 cm³/mol. The Morgan fingerprint density at radius 1 is 1.14 bits per heavy atom. The average Bonchev–Trinajstić information content (AvgIpc) is 2.43. The molecule has 2 aromatic rings. The van der Waals surface area contributed by atoms with E-state index in [1.807, 2.05) is 0 Å². The summed E-state index contributed by atoms with van der Waals surface area (Å²) in [6.07, 6.45) is 0. The Balaban J connectivity index is 2.26. The number of hydrogen-bond donors (Lipinski definition) is 3. The van der Waals surface area contributed by atoms with Crippen molar-refractivity contribution >= 4 is 19.2 Å². The molecule has 0 saturated carbocycles. The van der Waals surface area contributed by atoms with Crippen LogP contribution < -0.4 is 5.32 Å². The molecule has 0 fully saturated rings. The molecule has 4 nitrogen and oxygen atoms in total. The molecule has 0 heterocycles. The molecule has 2 aromatic carbocycles. The van der Waals surface area contributed by atoms with Crippen molar-refractivity contribution in [1.29, 1.82) is 0 Å². The quantitative estimate of drug-likeness (QED) is 0.723. The Morgan fingerprint density at radius 2 is 1.82 bits per heavy atom. The van der Waals surface area contributed by atoms with Crippen LogP contribution in [0.2, 0.25) is 5.02 Å². The first-order valence-corrected chi connectivity index (χ1v) is 8.32. The molecule has 0 amide bonds. The van der Waals surface area contributed by atoms with Gasteiger partial charge in [0, 0.05) is 11.6 Å². The molecule has 0 saturated heterocycles. The molecule has 8 heteroatoms. The molecule has 0 aliphatic heterocycles. The highest BCUT2D eigenvalue weighted by Crippen LogP contribution is 2.50. The van der Waals surface area contributed by atoms with Gasteiger partial charge in [-0.25, -0.2) is 8.78 Å². The van der Waals surface area contributed by atoms with E-state index < -0.39 is 25.0 Å². The molecule has 3 N–H and O–H groups in total. The third-order valence-corrected chi connectivity index (χ3v) is 4.56. The minimum atomic E-state index is -4.63. The minimum Gasteiger partial charge on any atom is -0.323 e. The van der Waals surface area contributed by atoms with Crippen molar-refractivity contribution in [3.05, 3.63) is 70.2 Å².